The first-order valence-electron chi connectivity index (χ1n) is 10.9. The van der Waals surface area contributed by atoms with Crippen molar-refractivity contribution >= 4 is 56.8 Å². The lowest BCUT2D eigenvalue weighted by Gasteiger charge is -2.06. The summed E-state index contributed by atoms with van der Waals surface area (Å²) in [6, 6.07) is 1.94. The highest BCUT2D eigenvalue weighted by molar-refractivity contribution is 9.12. The first-order valence-corrected chi connectivity index (χ1v) is 11.7. The molecule has 0 aliphatic carbocycles. The molecular weight excluding hydrogens is 546 g/mol. The molecule has 7 N–H and O–H groups in total. The molecule has 0 unspecified atom stereocenters. The number of aryl methyl sites for hydroxylation is 1. The van der Waals surface area contributed by atoms with Gasteiger partial charge in [0.25, 0.3) is 23.6 Å². The van der Waals surface area contributed by atoms with Crippen LogP contribution in [-0.2, 0) is 4.79 Å². The normalized spacial score (nSPS) is 10.4. The summed E-state index contributed by atoms with van der Waals surface area (Å²) >= 11 is 2.98. The van der Waals surface area contributed by atoms with Crippen molar-refractivity contribution in [2.24, 2.45) is 0 Å². The van der Waals surface area contributed by atoms with Gasteiger partial charge >= 0.3 is 0 Å². The summed E-state index contributed by atoms with van der Waals surface area (Å²) in [7, 11) is 0. The van der Waals surface area contributed by atoms with Crippen molar-refractivity contribution in [1.29, 1.82) is 5.26 Å². The summed E-state index contributed by atoms with van der Waals surface area (Å²) in [6.07, 6.45) is 3.14. The Morgan fingerprint density at radius 2 is 1.54 bits per heavy atom. The Morgan fingerprint density at radius 3 is 2.11 bits per heavy atom. The number of aromatic amines is 3. The molecule has 3 rings (SSSR count). The van der Waals surface area contributed by atoms with E-state index >= 15 is 0 Å². The lowest BCUT2D eigenvalue weighted by Crippen LogP contribution is -2.25. The number of H-pyrrole nitrogens is 3. The Hall–Kier alpha value is -4.64. The smallest absolute Gasteiger partial charge is 0.291 e. The highest BCUT2D eigenvalue weighted by atomic mass is 79.9. The second-order valence-electron chi connectivity index (χ2n) is 7.90. The SMILES string of the molecule is C=C(Br)C(=O)Nc1nc(C(=O)Nc2c[nH]c(C(=O)Nc3c[nH]c(C(=O)NCCC#N)c3C)c2C)[nH]c1C. The number of rotatable bonds is 9. The van der Waals surface area contributed by atoms with Crippen molar-refractivity contribution in [1.82, 2.24) is 25.3 Å². The van der Waals surface area contributed by atoms with Crippen molar-refractivity contribution in [2.45, 2.75) is 27.2 Å². The molecule has 0 saturated heterocycles. The van der Waals surface area contributed by atoms with Gasteiger partial charge in [0.05, 0.1) is 34.0 Å². The van der Waals surface area contributed by atoms with Gasteiger partial charge in [0.15, 0.2) is 11.6 Å². The minimum atomic E-state index is -0.580. The summed E-state index contributed by atoms with van der Waals surface area (Å²) < 4.78 is 0.111. The number of carbonyl (C=O) groups excluding carboxylic acids is 4. The fourth-order valence-corrected chi connectivity index (χ4v) is 3.37. The van der Waals surface area contributed by atoms with Crippen LogP contribution in [0.4, 0.5) is 17.2 Å². The standard InChI is InChI=1S/C23H24BrN9O4/c1-10-14(8-27-16(10)21(35)26-7-5-6-25)30-22(36)17-11(2)15(9-28-17)31-23(37)19-29-13(4)18(32-19)33-20(34)12(3)24/h8-9,27-28H,3,5,7H2,1-2,4H3,(H,26,35)(H,29,32)(H,30,36)(H,31,37)(H,33,34). The van der Waals surface area contributed by atoms with E-state index < -0.39 is 17.7 Å². The third-order valence-corrected chi connectivity index (χ3v) is 5.69. The van der Waals surface area contributed by atoms with Crippen LogP contribution in [0.3, 0.4) is 0 Å². The van der Waals surface area contributed by atoms with E-state index in [1.807, 2.05) is 6.07 Å². The molecule has 0 bridgehead atoms. The van der Waals surface area contributed by atoms with Gasteiger partial charge in [-0.2, -0.15) is 5.26 Å². The molecule has 0 saturated carbocycles. The fraction of sp³-hybridized carbons (Fsp3) is 0.217. The van der Waals surface area contributed by atoms with E-state index in [9.17, 15) is 19.2 Å². The second-order valence-corrected chi connectivity index (χ2v) is 8.85. The van der Waals surface area contributed by atoms with Crippen LogP contribution in [0.25, 0.3) is 0 Å². The third-order valence-electron chi connectivity index (χ3n) is 5.33. The molecule has 0 atom stereocenters. The van der Waals surface area contributed by atoms with Crippen LogP contribution in [0.15, 0.2) is 23.5 Å². The maximum Gasteiger partial charge on any atom is 0.291 e. The predicted octanol–water partition coefficient (Wildman–Crippen LogP) is 2.99. The van der Waals surface area contributed by atoms with Gasteiger partial charge in [-0.15, -0.1) is 0 Å². The Balaban J connectivity index is 1.68. The number of nitriles is 1. The molecule has 0 aromatic carbocycles. The first kappa shape index (κ1) is 27.0. The topological polar surface area (TPSA) is 200 Å². The van der Waals surface area contributed by atoms with Crippen molar-refractivity contribution in [3.05, 3.63) is 57.5 Å². The average Bonchev–Trinajstić information content (AvgIpc) is 3.51. The number of hydrogen-bond donors (Lipinski definition) is 7. The zero-order valence-electron chi connectivity index (χ0n) is 20.2. The van der Waals surface area contributed by atoms with Crippen molar-refractivity contribution in [3.8, 4) is 6.07 Å². The molecule has 0 spiro atoms. The number of nitrogens with one attached hydrogen (secondary N) is 7. The maximum atomic E-state index is 12.9. The van der Waals surface area contributed by atoms with E-state index in [0.29, 0.717) is 28.2 Å². The number of carbonyl (C=O) groups is 4. The van der Waals surface area contributed by atoms with Crippen LogP contribution < -0.4 is 21.3 Å². The van der Waals surface area contributed by atoms with Crippen LogP contribution >= 0.6 is 15.9 Å². The number of aromatic nitrogens is 4. The highest BCUT2D eigenvalue weighted by Crippen LogP contribution is 2.23. The van der Waals surface area contributed by atoms with Crippen LogP contribution in [0.2, 0.25) is 0 Å². The largest absolute Gasteiger partial charge is 0.355 e. The summed E-state index contributed by atoms with van der Waals surface area (Å²) in [5, 5.41) is 19.1. The molecule has 37 heavy (non-hydrogen) atoms. The molecule has 3 aromatic heterocycles. The summed E-state index contributed by atoms with van der Waals surface area (Å²) in [4.78, 5) is 62.2. The van der Waals surface area contributed by atoms with E-state index in [2.05, 4.69) is 63.7 Å². The van der Waals surface area contributed by atoms with Crippen LogP contribution in [0, 0.1) is 32.1 Å². The Bertz CT molecular complexity index is 1440. The molecule has 192 valence electrons. The monoisotopic (exact) mass is 569 g/mol. The van der Waals surface area contributed by atoms with Gasteiger partial charge in [-0.3, -0.25) is 19.2 Å². The van der Waals surface area contributed by atoms with E-state index in [1.54, 1.807) is 20.8 Å². The summed E-state index contributed by atoms with van der Waals surface area (Å²) in [6.45, 7) is 8.67. The highest BCUT2D eigenvalue weighted by Gasteiger charge is 2.21. The van der Waals surface area contributed by atoms with E-state index in [0.717, 1.165) is 0 Å². The molecule has 0 aliphatic heterocycles. The minimum absolute atomic E-state index is 0.0388. The summed E-state index contributed by atoms with van der Waals surface area (Å²) in [5.41, 5.74) is 2.71. The van der Waals surface area contributed by atoms with E-state index in [4.69, 9.17) is 5.26 Å². The lowest BCUT2D eigenvalue weighted by molar-refractivity contribution is -0.112. The number of halogens is 1. The zero-order chi connectivity index (χ0) is 27.3. The van der Waals surface area contributed by atoms with E-state index in [1.165, 1.54) is 12.4 Å². The second kappa shape index (κ2) is 11.4. The van der Waals surface area contributed by atoms with Crippen LogP contribution in [0.1, 0.15) is 54.8 Å². The fourth-order valence-electron chi connectivity index (χ4n) is 3.27. The molecule has 3 aromatic rings. The molecule has 0 fully saturated rings. The maximum absolute atomic E-state index is 12.9. The number of imidazole rings is 1. The van der Waals surface area contributed by atoms with Crippen molar-refractivity contribution < 1.29 is 19.2 Å². The molecule has 0 aliphatic rings. The zero-order valence-corrected chi connectivity index (χ0v) is 21.8. The van der Waals surface area contributed by atoms with Gasteiger partial charge in [0, 0.05) is 30.1 Å². The Morgan fingerprint density at radius 1 is 0.973 bits per heavy atom. The van der Waals surface area contributed by atoms with Crippen LogP contribution in [0.5, 0.6) is 0 Å². The molecule has 3 heterocycles. The van der Waals surface area contributed by atoms with E-state index in [-0.39, 0.29) is 46.4 Å². The average molecular weight is 570 g/mol. The predicted molar refractivity (Wildman–Crippen MR) is 140 cm³/mol. The molecule has 13 nitrogen and oxygen atoms in total. The number of anilines is 3. The quantitative estimate of drug-likeness (QED) is 0.152. The summed E-state index contributed by atoms with van der Waals surface area (Å²) in [5.74, 6) is -1.80. The third kappa shape index (κ3) is 6.14. The number of amides is 4. The molecule has 4 amide bonds. The molecule has 14 heteroatoms. The number of hydrogen-bond acceptors (Lipinski definition) is 6. The Labute approximate surface area is 219 Å². The van der Waals surface area contributed by atoms with Gasteiger partial charge in [-0.1, -0.05) is 6.58 Å². The minimum Gasteiger partial charge on any atom is -0.355 e. The van der Waals surface area contributed by atoms with Gasteiger partial charge in [-0.25, -0.2) is 4.98 Å². The van der Waals surface area contributed by atoms with Crippen LogP contribution in [-0.4, -0.2) is 50.1 Å². The van der Waals surface area contributed by atoms with Gasteiger partial charge in [0.1, 0.15) is 11.4 Å². The van der Waals surface area contributed by atoms with Gasteiger partial charge in [-0.05, 0) is 36.7 Å². The molecular formula is C23H24BrN9O4. The molecule has 0 radical (unpaired) electrons. The number of nitrogens with zero attached hydrogens (tertiary/aromatic N) is 2. The van der Waals surface area contributed by atoms with Gasteiger partial charge < -0.3 is 36.2 Å². The van der Waals surface area contributed by atoms with Gasteiger partial charge in [0.2, 0.25) is 0 Å². The van der Waals surface area contributed by atoms with Crippen molar-refractivity contribution in [2.75, 3.05) is 22.5 Å². The van der Waals surface area contributed by atoms with Crippen molar-refractivity contribution in [3.63, 3.8) is 0 Å². The first-order chi connectivity index (χ1) is 17.5. The Kier molecular flexibility index (Phi) is 8.30. The lowest BCUT2D eigenvalue weighted by atomic mass is 10.2.